The molecule has 6 heteroatoms. The highest BCUT2D eigenvalue weighted by atomic mass is 79.9. The Morgan fingerprint density at radius 3 is 2.75 bits per heavy atom. The van der Waals surface area contributed by atoms with E-state index in [1.165, 1.54) is 7.11 Å². The summed E-state index contributed by atoms with van der Waals surface area (Å²) in [6.45, 7) is 0. The number of ether oxygens (including phenoxy) is 1. The number of anilines is 1. The molecular formula is C10H15BrN2O3. The number of halogens is 1. The number of hydrogen-bond donors (Lipinski definition) is 3. The maximum Gasteiger partial charge on any atom is 0.237 e. The molecule has 2 atom stereocenters. The van der Waals surface area contributed by atoms with E-state index in [9.17, 15) is 10.2 Å². The minimum Gasteiger partial charge on any atom is -0.480 e. The highest BCUT2D eigenvalue weighted by molar-refractivity contribution is 9.09. The van der Waals surface area contributed by atoms with E-state index in [0.29, 0.717) is 23.1 Å². The van der Waals surface area contributed by atoms with Crippen molar-refractivity contribution in [3.8, 4) is 5.88 Å². The molecule has 0 aromatic carbocycles. The molecule has 0 spiro atoms. The van der Waals surface area contributed by atoms with E-state index in [1.807, 2.05) is 0 Å². The van der Waals surface area contributed by atoms with Crippen LogP contribution in [0, 0.1) is 0 Å². The van der Waals surface area contributed by atoms with Gasteiger partial charge in [0.25, 0.3) is 0 Å². The summed E-state index contributed by atoms with van der Waals surface area (Å²) in [7, 11) is 1.45. The molecule has 0 saturated carbocycles. The number of aromatic nitrogens is 1. The number of nitrogens with zero attached hydrogens (tertiary/aromatic N) is 1. The fourth-order valence-corrected chi connectivity index (χ4v) is 1.73. The van der Waals surface area contributed by atoms with Crippen molar-refractivity contribution in [3.63, 3.8) is 0 Å². The third kappa shape index (κ3) is 3.07. The predicted octanol–water partition coefficient (Wildman–Crippen LogP) is 0.852. The van der Waals surface area contributed by atoms with Gasteiger partial charge >= 0.3 is 0 Å². The molecule has 1 aromatic rings. The van der Waals surface area contributed by atoms with E-state index in [4.69, 9.17) is 10.5 Å². The average Bonchev–Trinajstić information content (AvgIpc) is 2.29. The first kappa shape index (κ1) is 13.2. The molecule has 0 aliphatic rings. The monoisotopic (exact) mass is 290 g/mol. The SMILES string of the molecule is COc1nc(C(O)C(O)CCBr)ccc1N. The van der Waals surface area contributed by atoms with Crippen LogP contribution in [0.25, 0.3) is 0 Å². The first-order valence-corrected chi connectivity index (χ1v) is 5.94. The van der Waals surface area contributed by atoms with Crippen LogP contribution in [0.4, 0.5) is 5.69 Å². The molecule has 1 aromatic heterocycles. The van der Waals surface area contributed by atoms with E-state index in [1.54, 1.807) is 12.1 Å². The fourth-order valence-electron chi connectivity index (χ4n) is 1.26. The lowest BCUT2D eigenvalue weighted by Crippen LogP contribution is -2.19. The molecular weight excluding hydrogens is 276 g/mol. The number of nitrogens with two attached hydrogens (primary N) is 1. The van der Waals surface area contributed by atoms with Gasteiger partial charge < -0.3 is 20.7 Å². The van der Waals surface area contributed by atoms with Gasteiger partial charge in [0.2, 0.25) is 5.88 Å². The lowest BCUT2D eigenvalue weighted by molar-refractivity contribution is 0.0145. The first-order chi connectivity index (χ1) is 7.60. The zero-order valence-electron chi connectivity index (χ0n) is 8.93. The van der Waals surface area contributed by atoms with Gasteiger partial charge in [-0.05, 0) is 18.6 Å². The van der Waals surface area contributed by atoms with Gasteiger partial charge in [0.1, 0.15) is 6.10 Å². The van der Waals surface area contributed by atoms with Gasteiger partial charge in [0, 0.05) is 5.33 Å². The summed E-state index contributed by atoms with van der Waals surface area (Å²) in [6, 6.07) is 3.16. The van der Waals surface area contributed by atoms with Gasteiger partial charge in [-0.25, -0.2) is 4.98 Å². The summed E-state index contributed by atoms with van der Waals surface area (Å²) in [5, 5.41) is 20.0. The van der Waals surface area contributed by atoms with Crippen molar-refractivity contribution < 1.29 is 14.9 Å². The van der Waals surface area contributed by atoms with Crippen molar-refractivity contribution in [2.45, 2.75) is 18.6 Å². The van der Waals surface area contributed by atoms with Crippen LogP contribution in [0.1, 0.15) is 18.2 Å². The zero-order chi connectivity index (χ0) is 12.1. The van der Waals surface area contributed by atoms with Crippen LogP contribution in [0.2, 0.25) is 0 Å². The minimum absolute atomic E-state index is 0.252. The number of pyridine rings is 1. The Bertz CT molecular complexity index is 349. The van der Waals surface area contributed by atoms with Crippen LogP contribution < -0.4 is 10.5 Å². The largest absolute Gasteiger partial charge is 0.480 e. The molecule has 0 radical (unpaired) electrons. The number of aliphatic hydroxyl groups excluding tert-OH is 2. The molecule has 4 N–H and O–H groups in total. The first-order valence-electron chi connectivity index (χ1n) is 4.82. The van der Waals surface area contributed by atoms with Gasteiger partial charge in [-0.3, -0.25) is 0 Å². The van der Waals surface area contributed by atoms with Crippen molar-refractivity contribution in [2.24, 2.45) is 0 Å². The summed E-state index contributed by atoms with van der Waals surface area (Å²) in [5.41, 5.74) is 6.34. The Balaban J connectivity index is 2.87. The van der Waals surface area contributed by atoms with Gasteiger partial charge in [0.05, 0.1) is 24.6 Å². The number of methoxy groups -OCH3 is 1. The van der Waals surface area contributed by atoms with E-state index in [0.717, 1.165) is 0 Å². The van der Waals surface area contributed by atoms with E-state index in [-0.39, 0.29) is 5.88 Å². The van der Waals surface area contributed by atoms with Gasteiger partial charge in [-0.15, -0.1) is 0 Å². The van der Waals surface area contributed by atoms with Crippen molar-refractivity contribution >= 4 is 21.6 Å². The predicted molar refractivity (Wildman–Crippen MR) is 64.6 cm³/mol. The molecule has 5 nitrogen and oxygen atoms in total. The molecule has 2 unspecified atom stereocenters. The van der Waals surface area contributed by atoms with Crippen molar-refractivity contribution in [1.82, 2.24) is 4.98 Å². The second-order valence-corrected chi connectivity index (χ2v) is 4.12. The topological polar surface area (TPSA) is 88.6 Å². The highest BCUT2D eigenvalue weighted by Crippen LogP contribution is 2.24. The quantitative estimate of drug-likeness (QED) is 0.700. The fraction of sp³-hybridized carbons (Fsp3) is 0.500. The second-order valence-electron chi connectivity index (χ2n) is 3.32. The Morgan fingerprint density at radius 1 is 1.50 bits per heavy atom. The van der Waals surface area contributed by atoms with Crippen LogP contribution >= 0.6 is 15.9 Å². The summed E-state index contributed by atoms with van der Waals surface area (Å²) >= 11 is 3.19. The summed E-state index contributed by atoms with van der Waals surface area (Å²) in [4.78, 5) is 4.02. The van der Waals surface area contributed by atoms with Gasteiger partial charge in [-0.2, -0.15) is 0 Å². The smallest absolute Gasteiger partial charge is 0.237 e. The van der Waals surface area contributed by atoms with Gasteiger partial charge in [-0.1, -0.05) is 15.9 Å². The van der Waals surface area contributed by atoms with Crippen molar-refractivity contribution in [1.29, 1.82) is 0 Å². The normalized spacial score (nSPS) is 14.5. The maximum absolute atomic E-state index is 9.80. The van der Waals surface area contributed by atoms with Crippen molar-refractivity contribution in [3.05, 3.63) is 17.8 Å². The lowest BCUT2D eigenvalue weighted by atomic mass is 10.1. The zero-order valence-corrected chi connectivity index (χ0v) is 10.5. The van der Waals surface area contributed by atoms with Crippen LogP contribution in [0.15, 0.2) is 12.1 Å². The maximum atomic E-state index is 9.80. The lowest BCUT2D eigenvalue weighted by Gasteiger charge is -2.17. The van der Waals surface area contributed by atoms with Crippen molar-refractivity contribution in [2.75, 3.05) is 18.2 Å². The second kappa shape index (κ2) is 6.03. The highest BCUT2D eigenvalue weighted by Gasteiger charge is 2.20. The molecule has 0 aliphatic carbocycles. The van der Waals surface area contributed by atoms with E-state index < -0.39 is 12.2 Å². The molecule has 1 heterocycles. The van der Waals surface area contributed by atoms with Crippen LogP contribution in [0.5, 0.6) is 5.88 Å². The average molecular weight is 291 g/mol. The Labute approximate surface area is 102 Å². The number of hydrogen-bond acceptors (Lipinski definition) is 5. The molecule has 0 bridgehead atoms. The molecule has 0 fully saturated rings. The number of aliphatic hydroxyl groups is 2. The molecule has 0 amide bonds. The third-order valence-corrected chi connectivity index (χ3v) is 2.63. The summed E-state index contributed by atoms with van der Waals surface area (Å²) in [6.07, 6.45) is -1.46. The summed E-state index contributed by atoms with van der Waals surface area (Å²) < 4.78 is 4.94. The Kier molecular flexibility index (Phi) is 4.98. The molecule has 90 valence electrons. The molecule has 16 heavy (non-hydrogen) atoms. The van der Waals surface area contributed by atoms with Gasteiger partial charge in [0.15, 0.2) is 0 Å². The Hall–Kier alpha value is -0.850. The standard InChI is InChI=1S/C10H15BrN2O3/c1-16-10-6(12)2-3-7(13-10)9(15)8(14)4-5-11/h2-3,8-9,14-15H,4-5,12H2,1H3. The number of nitrogen functional groups attached to an aromatic ring is 1. The van der Waals surface area contributed by atoms with Crippen LogP contribution in [0.3, 0.4) is 0 Å². The van der Waals surface area contributed by atoms with Crippen LogP contribution in [-0.2, 0) is 0 Å². The number of rotatable bonds is 5. The minimum atomic E-state index is -1.04. The third-order valence-electron chi connectivity index (χ3n) is 2.18. The molecule has 0 saturated heterocycles. The van der Waals surface area contributed by atoms with E-state index >= 15 is 0 Å². The Morgan fingerprint density at radius 2 is 2.19 bits per heavy atom. The summed E-state index contributed by atoms with van der Waals surface area (Å²) in [5.74, 6) is 0.252. The van der Waals surface area contributed by atoms with Crippen LogP contribution in [-0.4, -0.2) is 33.7 Å². The number of alkyl halides is 1. The molecule has 1 rings (SSSR count). The molecule has 0 aliphatic heterocycles. The van der Waals surface area contributed by atoms with E-state index in [2.05, 4.69) is 20.9 Å².